The highest BCUT2D eigenvalue weighted by atomic mass is 16.5. The quantitative estimate of drug-likeness (QED) is 0.653. The van der Waals surface area contributed by atoms with Gasteiger partial charge in [0.05, 0.1) is 6.10 Å². The zero-order valence-corrected chi connectivity index (χ0v) is 9.47. The molecule has 1 rings (SSSR count). The average Bonchev–Trinajstić information content (AvgIpc) is 2.03. The van der Waals surface area contributed by atoms with E-state index in [1.807, 2.05) is 7.11 Å². The summed E-state index contributed by atoms with van der Waals surface area (Å²) in [6.07, 6.45) is 2.91. The first kappa shape index (κ1) is 11.0. The molecule has 0 bridgehead atoms. The van der Waals surface area contributed by atoms with Crippen LogP contribution in [0.2, 0.25) is 0 Å². The predicted molar refractivity (Wildman–Crippen MR) is 55.9 cm³/mol. The molecule has 13 heavy (non-hydrogen) atoms. The van der Waals surface area contributed by atoms with Gasteiger partial charge in [0.1, 0.15) is 0 Å². The Bertz CT molecular complexity index is 143. The fraction of sp³-hybridized carbons (Fsp3) is 1.00. The monoisotopic (exact) mass is 185 g/mol. The summed E-state index contributed by atoms with van der Waals surface area (Å²) in [6.45, 7) is 10.5. The van der Waals surface area contributed by atoms with E-state index >= 15 is 0 Å². The Balaban J connectivity index is 2.25. The lowest BCUT2D eigenvalue weighted by atomic mass is 9.94. The van der Waals surface area contributed by atoms with Crippen molar-refractivity contribution in [2.75, 3.05) is 26.7 Å². The van der Waals surface area contributed by atoms with E-state index in [9.17, 15) is 0 Å². The van der Waals surface area contributed by atoms with Crippen LogP contribution >= 0.6 is 0 Å². The highest BCUT2D eigenvalue weighted by Gasteiger charge is 2.22. The fourth-order valence-corrected chi connectivity index (χ4v) is 1.97. The molecule has 0 radical (unpaired) electrons. The van der Waals surface area contributed by atoms with E-state index in [-0.39, 0.29) is 0 Å². The fourth-order valence-electron chi connectivity index (χ4n) is 1.97. The van der Waals surface area contributed by atoms with Crippen molar-refractivity contribution in [3.8, 4) is 0 Å². The van der Waals surface area contributed by atoms with Gasteiger partial charge in [-0.05, 0) is 18.3 Å². The van der Waals surface area contributed by atoms with Gasteiger partial charge in [0.15, 0.2) is 0 Å². The second-order valence-electron chi connectivity index (χ2n) is 5.27. The molecule has 0 unspecified atom stereocenters. The molecule has 1 fully saturated rings. The van der Waals surface area contributed by atoms with Crippen molar-refractivity contribution >= 4 is 0 Å². The zero-order valence-electron chi connectivity index (χ0n) is 9.47. The first-order valence-corrected chi connectivity index (χ1v) is 5.26. The Morgan fingerprint density at radius 2 is 1.77 bits per heavy atom. The van der Waals surface area contributed by atoms with Crippen LogP contribution in [0.15, 0.2) is 0 Å². The van der Waals surface area contributed by atoms with Gasteiger partial charge >= 0.3 is 0 Å². The van der Waals surface area contributed by atoms with Gasteiger partial charge in [0.2, 0.25) is 0 Å². The van der Waals surface area contributed by atoms with Gasteiger partial charge in [-0.1, -0.05) is 20.8 Å². The molecule has 0 N–H and O–H groups in total. The van der Waals surface area contributed by atoms with E-state index in [0.29, 0.717) is 11.5 Å². The molecule has 0 saturated carbocycles. The number of likely N-dealkylation sites (tertiary alicyclic amines) is 1. The van der Waals surface area contributed by atoms with E-state index in [1.165, 1.54) is 32.5 Å². The van der Waals surface area contributed by atoms with Crippen molar-refractivity contribution in [1.82, 2.24) is 4.90 Å². The van der Waals surface area contributed by atoms with Crippen molar-refractivity contribution in [2.24, 2.45) is 5.41 Å². The second kappa shape index (κ2) is 4.43. The molecule has 2 nitrogen and oxygen atoms in total. The Morgan fingerprint density at radius 3 is 2.15 bits per heavy atom. The molecular formula is C11H23NO. The first-order valence-electron chi connectivity index (χ1n) is 5.26. The summed E-state index contributed by atoms with van der Waals surface area (Å²) in [5, 5.41) is 0. The lowest BCUT2D eigenvalue weighted by Gasteiger charge is -2.35. The van der Waals surface area contributed by atoms with Crippen molar-refractivity contribution in [3.05, 3.63) is 0 Å². The molecule has 0 spiro atoms. The van der Waals surface area contributed by atoms with E-state index in [0.717, 1.165) is 0 Å². The summed E-state index contributed by atoms with van der Waals surface area (Å²) in [5.41, 5.74) is 0.430. The number of ether oxygens (including phenoxy) is 1. The van der Waals surface area contributed by atoms with Gasteiger partial charge in [-0.15, -0.1) is 0 Å². The SMILES string of the molecule is COC1CCN(CC(C)(C)C)CC1. The van der Waals surface area contributed by atoms with E-state index in [4.69, 9.17) is 4.74 Å². The van der Waals surface area contributed by atoms with Crippen LogP contribution in [0.25, 0.3) is 0 Å². The smallest absolute Gasteiger partial charge is 0.0595 e. The topological polar surface area (TPSA) is 12.5 Å². The maximum atomic E-state index is 5.34. The largest absolute Gasteiger partial charge is 0.381 e. The summed E-state index contributed by atoms with van der Waals surface area (Å²) < 4.78 is 5.34. The Kier molecular flexibility index (Phi) is 3.74. The number of hydrogen-bond donors (Lipinski definition) is 0. The summed E-state index contributed by atoms with van der Waals surface area (Å²) in [7, 11) is 1.82. The lowest BCUT2D eigenvalue weighted by Crippen LogP contribution is -2.40. The summed E-state index contributed by atoms with van der Waals surface area (Å²) in [5.74, 6) is 0. The third-order valence-corrected chi connectivity index (χ3v) is 2.57. The van der Waals surface area contributed by atoms with Gasteiger partial charge < -0.3 is 9.64 Å². The maximum Gasteiger partial charge on any atom is 0.0595 e. The molecular weight excluding hydrogens is 162 g/mol. The van der Waals surface area contributed by atoms with Crippen LogP contribution in [0.3, 0.4) is 0 Å². The molecule has 0 aromatic rings. The van der Waals surface area contributed by atoms with Crippen molar-refractivity contribution in [1.29, 1.82) is 0 Å². The highest BCUT2D eigenvalue weighted by Crippen LogP contribution is 2.19. The summed E-state index contributed by atoms with van der Waals surface area (Å²) in [4.78, 5) is 2.55. The molecule has 78 valence electrons. The molecule has 2 heteroatoms. The number of nitrogens with zero attached hydrogens (tertiary/aromatic N) is 1. The number of rotatable bonds is 2. The molecule has 1 aliphatic rings. The van der Waals surface area contributed by atoms with E-state index in [1.54, 1.807) is 0 Å². The molecule has 0 aliphatic carbocycles. The van der Waals surface area contributed by atoms with Crippen molar-refractivity contribution in [2.45, 2.75) is 39.7 Å². The zero-order chi connectivity index (χ0) is 9.90. The van der Waals surface area contributed by atoms with Crippen LogP contribution in [0.1, 0.15) is 33.6 Å². The average molecular weight is 185 g/mol. The van der Waals surface area contributed by atoms with Gasteiger partial charge in [-0.2, -0.15) is 0 Å². The first-order chi connectivity index (χ1) is 6.01. The van der Waals surface area contributed by atoms with Crippen molar-refractivity contribution in [3.63, 3.8) is 0 Å². The predicted octanol–water partition coefficient (Wildman–Crippen LogP) is 2.14. The van der Waals surface area contributed by atoms with Crippen LogP contribution < -0.4 is 0 Å². The molecule has 0 atom stereocenters. The molecule has 1 heterocycles. The van der Waals surface area contributed by atoms with Crippen LogP contribution in [0, 0.1) is 5.41 Å². The minimum absolute atomic E-state index is 0.430. The minimum Gasteiger partial charge on any atom is -0.381 e. The molecule has 1 aliphatic heterocycles. The van der Waals surface area contributed by atoms with Gasteiger partial charge in [0, 0.05) is 26.7 Å². The van der Waals surface area contributed by atoms with Crippen LogP contribution in [-0.4, -0.2) is 37.7 Å². The van der Waals surface area contributed by atoms with E-state index in [2.05, 4.69) is 25.7 Å². The highest BCUT2D eigenvalue weighted by molar-refractivity contribution is 4.76. The standard InChI is InChI=1S/C11H23NO/c1-11(2,3)9-12-7-5-10(13-4)6-8-12/h10H,5-9H2,1-4H3. The lowest BCUT2D eigenvalue weighted by molar-refractivity contribution is 0.0317. The van der Waals surface area contributed by atoms with Crippen LogP contribution in [0.4, 0.5) is 0 Å². The summed E-state index contributed by atoms with van der Waals surface area (Å²) in [6, 6.07) is 0. The maximum absolute atomic E-state index is 5.34. The normalized spacial score (nSPS) is 22.2. The Hall–Kier alpha value is -0.0800. The van der Waals surface area contributed by atoms with Crippen LogP contribution in [0.5, 0.6) is 0 Å². The number of methoxy groups -OCH3 is 1. The molecule has 0 amide bonds. The van der Waals surface area contributed by atoms with Gasteiger partial charge in [0.25, 0.3) is 0 Å². The third kappa shape index (κ3) is 4.10. The van der Waals surface area contributed by atoms with Gasteiger partial charge in [-0.25, -0.2) is 0 Å². The number of piperidine rings is 1. The Morgan fingerprint density at radius 1 is 1.23 bits per heavy atom. The van der Waals surface area contributed by atoms with Gasteiger partial charge in [-0.3, -0.25) is 0 Å². The minimum atomic E-state index is 0.430. The van der Waals surface area contributed by atoms with Crippen molar-refractivity contribution < 1.29 is 4.74 Å². The van der Waals surface area contributed by atoms with Crippen LogP contribution in [-0.2, 0) is 4.74 Å². The third-order valence-electron chi connectivity index (χ3n) is 2.57. The van der Waals surface area contributed by atoms with E-state index < -0.39 is 0 Å². The molecule has 0 aromatic carbocycles. The second-order valence-corrected chi connectivity index (χ2v) is 5.27. The summed E-state index contributed by atoms with van der Waals surface area (Å²) >= 11 is 0. The molecule has 0 aromatic heterocycles. The number of hydrogen-bond acceptors (Lipinski definition) is 2. The Labute approximate surface area is 82.3 Å². The molecule has 1 saturated heterocycles.